The van der Waals surface area contributed by atoms with E-state index in [0.717, 1.165) is 11.1 Å². The Morgan fingerprint density at radius 3 is 2.33 bits per heavy atom. The Kier molecular flexibility index (Phi) is 10.0. The summed E-state index contributed by atoms with van der Waals surface area (Å²) in [6.45, 7) is 2.38. The number of carbonyl (C=O) groups excluding carboxylic acids is 3. The van der Waals surface area contributed by atoms with E-state index in [-0.39, 0.29) is 49.3 Å². The van der Waals surface area contributed by atoms with Crippen LogP contribution in [0.3, 0.4) is 0 Å². The molecular weight excluding hydrogens is 551 g/mol. The molecule has 40 heavy (non-hydrogen) atoms. The second-order valence-corrected chi connectivity index (χ2v) is 11.2. The minimum absolute atomic E-state index is 0.0127. The van der Waals surface area contributed by atoms with Crippen LogP contribution in [-0.4, -0.2) is 78.4 Å². The van der Waals surface area contributed by atoms with E-state index in [0.29, 0.717) is 5.56 Å². The molecule has 214 valence electrons. The Hall–Kier alpha value is -4.20. The molecule has 2 aromatic rings. The summed E-state index contributed by atoms with van der Waals surface area (Å²) in [5.74, 6) is -3.50. The molecule has 0 aliphatic carbocycles. The van der Waals surface area contributed by atoms with Gasteiger partial charge < -0.3 is 9.80 Å². The first-order chi connectivity index (χ1) is 18.9. The number of nitrogens with one attached hydrogen (secondary N) is 2. The molecule has 4 amide bonds. The molecule has 1 aromatic heterocycles. The van der Waals surface area contributed by atoms with Gasteiger partial charge in [-0.3, -0.25) is 25.4 Å². The standard InChI is InChI=1S/C26H28F3N5O5S/c1-19(22-6-4-11-30-17-22)5-2-3-12-34(25(37)33-13-15-40(38,39)16-14-33)18-20-7-9-21(10-8-20)23(35)31-32-24(36)26(27,28)29/h2-11,17H,12-16,18H2,1H3,(H,31,35)(H,32,36)/b3-2-,19-5+. The van der Waals surface area contributed by atoms with Crippen molar-refractivity contribution in [1.29, 1.82) is 0 Å². The van der Waals surface area contributed by atoms with E-state index in [4.69, 9.17) is 0 Å². The van der Waals surface area contributed by atoms with E-state index in [2.05, 4.69) is 4.98 Å². The molecule has 1 aliphatic heterocycles. The summed E-state index contributed by atoms with van der Waals surface area (Å²) < 4.78 is 60.5. The van der Waals surface area contributed by atoms with E-state index >= 15 is 0 Å². The zero-order chi connectivity index (χ0) is 29.3. The summed E-state index contributed by atoms with van der Waals surface area (Å²) in [6.07, 6.45) is 3.71. The van der Waals surface area contributed by atoms with Gasteiger partial charge in [0, 0.05) is 44.1 Å². The molecule has 0 atom stereocenters. The van der Waals surface area contributed by atoms with E-state index in [9.17, 15) is 36.0 Å². The average molecular weight is 580 g/mol. The van der Waals surface area contributed by atoms with Crippen LogP contribution in [0.4, 0.5) is 18.0 Å². The molecule has 3 rings (SSSR count). The predicted octanol–water partition coefficient (Wildman–Crippen LogP) is 2.72. The smallest absolute Gasteiger partial charge is 0.323 e. The summed E-state index contributed by atoms with van der Waals surface area (Å²) in [5, 5.41) is 0. The molecule has 0 bridgehead atoms. The molecule has 1 aromatic carbocycles. The van der Waals surface area contributed by atoms with Gasteiger partial charge in [0.15, 0.2) is 9.84 Å². The predicted molar refractivity (Wildman–Crippen MR) is 141 cm³/mol. The maximum Gasteiger partial charge on any atom is 0.472 e. The third kappa shape index (κ3) is 8.93. The largest absolute Gasteiger partial charge is 0.472 e. The van der Waals surface area contributed by atoms with Gasteiger partial charge in [-0.25, -0.2) is 13.2 Å². The van der Waals surface area contributed by atoms with Crippen molar-refractivity contribution in [3.63, 3.8) is 0 Å². The van der Waals surface area contributed by atoms with Crippen LogP contribution < -0.4 is 10.9 Å². The van der Waals surface area contributed by atoms with E-state index in [1.807, 2.05) is 25.1 Å². The fourth-order valence-electron chi connectivity index (χ4n) is 3.65. The molecule has 2 N–H and O–H groups in total. The molecule has 10 nitrogen and oxygen atoms in total. The van der Waals surface area contributed by atoms with Crippen LogP contribution >= 0.6 is 0 Å². The Morgan fingerprint density at radius 2 is 1.73 bits per heavy atom. The van der Waals surface area contributed by atoms with Crippen molar-refractivity contribution in [2.75, 3.05) is 31.1 Å². The number of nitrogens with zero attached hydrogens (tertiary/aromatic N) is 3. The molecule has 2 heterocycles. The van der Waals surface area contributed by atoms with Crippen molar-refractivity contribution < 1.29 is 36.0 Å². The number of carbonyl (C=O) groups is 3. The number of rotatable bonds is 7. The van der Waals surface area contributed by atoms with Crippen LogP contribution in [-0.2, 0) is 21.2 Å². The van der Waals surface area contributed by atoms with Crippen molar-refractivity contribution in [2.45, 2.75) is 19.6 Å². The highest BCUT2D eigenvalue weighted by atomic mass is 32.2. The SMILES string of the molecule is C/C(=C\C=C/CN(Cc1ccc(C(=O)NNC(=O)C(F)(F)F)cc1)C(=O)N1CCS(=O)(=O)CC1)c1cccnc1. The number of halogens is 3. The summed E-state index contributed by atoms with van der Waals surface area (Å²) in [4.78, 5) is 43.3. The first kappa shape index (κ1) is 30.3. The molecule has 0 unspecified atom stereocenters. The van der Waals surface area contributed by atoms with Crippen LogP contribution in [0.15, 0.2) is 67.0 Å². The monoisotopic (exact) mass is 579 g/mol. The van der Waals surface area contributed by atoms with Gasteiger partial charge in [-0.1, -0.05) is 36.4 Å². The summed E-state index contributed by atoms with van der Waals surface area (Å²) in [5.41, 5.74) is 5.49. The van der Waals surface area contributed by atoms with E-state index in [1.54, 1.807) is 30.0 Å². The van der Waals surface area contributed by atoms with Gasteiger partial charge in [0.2, 0.25) is 0 Å². The molecular formula is C26H28F3N5O5S. The number of benzene rings is 1. The second-order valence-electron chi connectivity index (χ2n) is 8.92. The van der Waals surface area contributed by atoms with Gasteiger partial charge in [-0.2, -0.15) is 13.2 Å². The van der Waals surface area contributed by atoms with Crippen LogP contribution in [0, 0.1) is 0 Å². The van der Waals surface area contributed by atoms with Crippen molar-refractivity contribution in [2.24, 2.45) is 0 Å². The average Bonchev–Trinajstić information content (AvgIpc) is 2.93. The topological polar surface area (TPSA) is 129 Å². The number of hydrogen-bond donors (Lipinski definition) is 2. The number of hydrogen-bond acceptors (Lipinski definition) is 6. The molecule has 0 saturated carbocycles. The Labute approximate surface area is 229 Å². The first-order valence-corrected chi connectivity index (χ1v) is 13.9. The lowest BCUT2D eigenvalue weighted by molar-refractivity contribution is -0.174. The zero-order valence-electron chi connectivity index (χ0n) is 21.5. The van der Waals surface area contributed by atoms with Gasteiger partial charge in [0.1, 0.15) is 0 Å². The number of urea groups is 1. The van der Waals surface area contributed by atoms with Gasteiger partial charge in [0.05, 0.1) is 11.5 Å². The van der Waals surface area contributed by atoms with E-state index < -0.39 is 27.8 Å². The molecule has 0 spiro atoms. The maximum absolute atomic E-state index is 13.3. The van der Waals surface area contributed by atoms with Gasteiger partial charge in [0.25, 0.3) is 5.91 Å². The number of sulfone groups is 1. The van der Waals surface area contributed by atoms with Crippen LogP contribution in [0.25, 0.3) is 5.57 Å². The van der Waals surface area contributed by atoms with Gasteiger partial charge in [-0.05, 0) is 41.8 Å². The second kappa shape index (κ2) is 13.2. The summed E-state index contributed by atoms with van der Waals surface area (Å²) in [6, 6.07) is 9.12. The number of hydrazine groups is 1. The Balaban J connectivity index is 1.69. The molecule has 1 aliphatic rings. The minimum atomic E-state index is -5.15. The van der Waals surface area contributed by atoms with Crippen molar-refractivity contribution >= 4 is 33.3 Å². The maximum atomic E-state index is 13.3. The zero-order valence-corrected chi connectivity index (χ0v) is 22.3. The number of allylic oxidation sites excluding steroid dienone is 3. The summed E-state index contributed by atoms with van der Waals surface area (Å²) >= 11 is 0. The van der Waals surface area contributed by atoms with E-state index in [1.165, 1.54) is 39.5 Å². The Bertz CT molecular complexity index is 1360. The molecule has 14 heteroatoms. The number of amides is 4. The fourth-order valence-corrected chi connectivity index (χ4v) is 4.85. The van der Waals surface area contributed by atoms with Crippen molar-refractivity contribution in [1.82, 2.24) is 25.6 Å². The minimum Gasteiger partial charge on any atom is -0.323 e. The lowest BCUT2D eigenvalue weighted by atomic mass is 10.1. The number of pyridine rings is 1. The van der Waals surface area contributed by atoms with Crippen LogP contribution in [0.5, 0.6) is 0 Å². The van der Waals surface area contributed by atoms with Crippen LogP contribution in [0.1, 0.15) is 28.4 Å². The van der Waals surface area contributed by atoms with Crippen molar-refractivity contribution in [3.8, 4) is 0 Å². The Morgan fingerprint density at radius 1 is 1.05 bits per heavy atom. The normalized spacial score (nSPS) is 15.5. The lowest BCUT2D eigenvalue weighted by Gasteiger charge is -2.32. The third-order valence-electron chi connectivity index (χ3n) is 5.95. The van der Waals surface area contributed by atoms with Gasteiger partial charge >= 0.3 is 18.1 Å². The van der Waals surface area contributed by atoms with Gasteiger partial charge in [-0.15, -0.1) is 0 Å². The quantitative estimate of drug-likeness (QED) is 0.384. The fraction of sp³-hybridized carbons (Fsp3) is 0.308. The highest BCUT2D eigenvalue weighted by Crippen LogP contribution is 2.15. The molecule has 1 saturated heterocycles. The summed E-state index contributed by atoms with van der Waals surface area (Å²) in [7, 11) is -3.19. The lowest BCUT2D eigenvalue weighted by Crippen LogP contribution is -2.49. The highest BCUT2D eigenvalue weighted by molar-refractivity contribution is 7.91. The van der Waals surface area contributed by atoms with Crippen molar-refractivity contribution in [3.05, 3.63) is 83.7 Å². The number of alkyl halides is 3. The first-order valence-electron chi connectivity index (χ1n) is 12.1. The highest BCUT2D eigenvalue weighted by Gasteiger charge is 2.39. The molecule has 0 radical (unpaired) electrons. The number of aromatic nitrogens is 1. The third-order valence-corrected chi connectivity index (χ3v) is 7.56. The molecule has 1 fully saturated rings. The van der Waals surface area contributed by atoms with Crippen LogP contribution in [0.2, 0.25) is 0 Å².